The molecule has 3 N–H and O–H groups in total. The van der Waals surface area contributed by atoms with E-state index in [1.807, 2.05) is 97.9 Å². The molecule has 1 saturated heterocycles. The molecule has 0 aliphatic carbocycles. The number of ether oxygens (including phenoxy) is 3. The van der Waals surface area contributed by atoms with Crippen LogP contribution in [0.4, 0.5) is 10.5 Å². The quantitative estimate of drug-likeness (QED) is 0.106. The Bertz CT molecular complexity index is 2110. The van der Waals surface area contributed by atoms with Gasteiger partial charge in [0.05, 0.1) is 18.8 Å². The summed E-state index contributed by atoms with van der Waals surface area (Å²) in [6.07, 6.45) is -0.925. The van der Waals surface area contributed by atoms with Crippen LogP contribution in [0.5, 0.6) is 11.5 Å². The highest BCUT2D eigenvalue weighted by molar-refractivity contribution is 8.01. The molecule has 0 radical (unpaired) electrons. The first kappa shape index (κ1) is 36.3. The van der Waals surface area contributed by atoms with Gasteiger partial charge in [-0.25, -0.2) is 4.79 Å². The highest BCUT2D eigenvalue weighted by atomic mass is 32.2. The van der Waals surface area contributed by atoms with Crippen molar-refractivity contribution in [2.24, 2.45) is 5.92 Å². The van der Waals surface area contributed by atoms with Crippen molar-refractivity contribution in [1.29, 1.82) is 0 Å². The molecule has 0 spiro atoms. The molecular weight excluding hydrogens is 705 g/mol. The van der Waals surface area contributed by atoms with Gasteiger partial charge in [0.1, 0.15) is 16.5 Å². The van der Waals surface area contributed by atoms with Crippen LogP contribution in [0.15, 0.2) is 132 Å². The monoisotopic (exact) mass is 744 g/mol. The van der Waals surface area contributed by atoms with Crippen LogP contribution >= 0.6 is 23.1 Å². The number of aromatic nitrogens is 2. The molecule has 5 aromatic carbocycles. The molecule has 11 heteroatoms. The summed E-state index contributed by atoms with van der Waals surface area (Å²) in [5, 5.41) is 24.9. The first-order chi connectivity index (χ1) is 25.9. The number of aliphatic hydroxyl groups is 1. The number of anilines is 1. The fraction of sp³-hybridized carbons (Fsp3) is 0.214. The molecule has 2 amide bonds. The van der Waals surface area contributed by atoms with E-state index in [0.29, 0.717) is 23.7 Å². The Kier molecular flexibility index (Phi) is 11.8. The summed E-state index contributed by atoms with van der Waals surface area (Å²) < 4.78 is 20.2. The van der Waals surface area contributed by atoms with Gasteiger partial charge < -0.3 is 30.0 Å². The zero-order chi connectivity index (χ0) is 36.6. The molecule has 2 heterocycles. The maximum Gasteiger partial charge on any atom is 0.319 e. The number of thioether (sulfide) groups is 1. The van der Waals surface area contributed by atoms with Crippen LogP contribution < -0.4 is 15.4 Å². The van der Waals surface area contributed by atoms with Gasteiger partial charge in [0.25, 0.3) is 0 Å². The van der Waals surface area contributed by atoms with Gasteiger partial charge in [-0.2, -0.15) is 0 Å². The number of amides is 2. The zero-order valence-electron chi connectivity index (χ0n) is 29.3. The van der Waals surface area contributed by atoms with E-state index in [0.717, 1.165) is 48.5 Å². The van der Waals surface area contributed by atoms with Crippen LogP contribution in [0, 0.1) is 12.8 Å². The number of aryl methyl sites for hydroxylation is 1. The second kappa shape index (κ2) is 17.2. The Labute approximate surface area is 317 Å². The minimum Gasteiger partial charge on any atom is -0.457 e. The molecule has 0 saturated carbocycles. The maximum atomic E-state index is 12.8. The van der Waals surface area contributed by atoms with Crippen molar-refractivity contribution < 1.29 is 24.1 Å². The zero-order valence-corrected chi connectivity index (χ0v) is 31.0. The van der Waals surface area contributed by atoms with Crippen molar-refractivity contribution in [2.45, 2.75) is 49.8 Å². The third-order valence-corrected chi connectivity index (χ3v) is 11.0. The number of benzene rings is 5. The lowest BCUT2D eigenvalue weighted by atomic mass is 9.91. The van der Waals surface area contributed by atoms with Gasteiger partial charge in [-0.05, 0) is 83.3 Å². The number of nitrogens with one attached hydrogen (secondary N) is 2. The fourth-order valence-electron chi connectivity index (χ4n) is 6.11. The molecular formula is C42H40N4O5S2. The molecule has 0 bridgehead atoms. The molecule has 9 nitrogen and oxygen atoms in total. The van der Waals surface area contributed by atoms with Gasteiger partial charge in [-0.1, -0.05) is 109 Å². The highest BCUT2D eigenvalue weighted by Crippen LogP contribution is 2.43. The number of carbonyl (C=O) groups is 1. The second-order valence-corrected chi connectivity index (χ2v) is 15.2. The van der Waals surface area contributed by atoms with Gasteiger partial charge in [0, 0.05) is 29.5 Å². The summed E-state index contributed by atoms with van der Waals surface area (Å²) in [7, 11) is 0. The number of para-hydroxylation sites is 1. The number of carbonyl (C=O) groups excluding carboxylic acids is 1. The largest absolute Gasteiger partial charge is 0.457 e. The van der Waals surface area contributed by atoms with Crippen molar-refractivity contribution in [3.8, 4) is 22.6 Å². The average Bonchev–Trinajstić information content (AvgIpc) is 3.62. The third kappa shape index (κ3) is 9.50. The summed E-state index contributed by atoms with van der Waals surface area (Å²) >= 11 is 3.23. The lowest BCUT2D eigenvalue weighted by Gasteiger charge is -2.41. The van der Waals surface area contributed by atoms with Crippen LogP contribution in [0.1, 0.15) is 46.6 Å². The van der Waals surface area contributed by atoms with Gasteiger partial charge in [-0.15, -0.1) is 10.2 Å². The molecule has 1 aliphatic rings. The van der Waals surface area contributed by atoms with Crippen LogP contribution in [0.2, 0.25) is 0 Å². The van der Waals surface area contributed by atoms with Crippen LogP contribution in [-0.2, 0) is 22.6 Å². The molecule has 6 aromatic rings. The predicted molar refractivity (Wildman–Crippen MR) is 209 cm³/mol. The number of rotatable bonds is 12. The third-order valence-electron chi connectivity index (χ3n) is 8.97. The Morgan fingerprint density at radius 2 is 1.55 bits per heavy atom. The molecule has 1 fully saturated rings. The molecule has 7 rings (SSSR count). The van der Waals surface area contributed by atoms with Crippen molar-refractivity contribution in [1.82, 2.24) is 15.5 Å². The van der Waals surface area contributed by atoms with E-state index in [2.05, 4.69) is 52.0 Å². The number of aliphatic hydroxyl groups excluding tert-OH is 1. The number of hydrogen-bond acceptors (Lipinski definition) is 9. The van der Waals surface area contributed by atoms with Crippen molar-refractivity contribution in [2.75, 3.05) is 11.1 Å². The maximum absolute atomic E-state index is 12.8. The highest BCUT2D eigenvalue weighted by Gasteiger charge is 2.38. The van der Waals surface area contributed by atoms with Crippen LogP contribution in [0.25, 0.3) is 11.1 Å². The van der Waals surface area contributed by atoms with Crippen molar-refractivity contribution in [3.63, 3.8) is 0 Å². The topological polar surface area (TPSA) is 115 Å². The van der Waals surface area contributed by atoms with Gasteiger partial charge in [0.2, 0.25) is 0 Å². The summed E-state index contributed by atoms with van der Waals surface area (Å²) in [6, 6.07) is 40.8. The van der Waals surface area contributed by atoms with Crippen molar-refractivity contribution in [3.05, 3.63) is 155 Å². The van der Waals surface area contributed by atoms with E-state index < -0.39 is 6.29 Å². The van der Waals surface area contributed by atoms with E-state index in [-0.39, 0.29) is 30.8 Å². The van der Waals surface area contributed by atoms with E-state index in [1.54, 1.807) is 35.2 Å². The molecule has 270 valence electrons. The lowest BCUT2D eigenvalue weighted by Crippen LogP contribution is -2.38. The smallest absolute Gasteiger partial charge is 0.319 e. The molecule has 1 aromatic heterocycles. The summed E-state index contributed by atoms with van der Waals surface area (Å²) in [4.78, 5) is 12.8. The summed E-state index contributed by atoms with van der Waals surface area (Å²) in [5.74, 6) is 2.20. The van der Waals surface area contributed by atoms with Gasteiger partial charge in [0.15, 0.2) is 10.6 Å². The minimum absolute atomic E-state index is 0.00857. The Morgan fingerprint density at radius 3 is 2.28 bits per heavy atom. The first-order valence-corrected chi connectivity index (χ1v) is 19.2. The predicted octanol–water partition coefficient (Wildman–Crippen LogP) is 9.70. The molecule has 53 heavy (non-hydrogen) atoms. The number of urea groups is 1. The Balaban J connectivity index is 1.01. The number of hydrogen-bond donors (Lipinski definition) is 3. The van der Waals surface area contributed by atoms with E-state index in [4.69, 9.17) is 14.2 Å². The molecule has 4 atom stereocenters. The summed E-state index contributed by atoms with van der Waals surface area (Å²) in [5.41, 5.74) is 6.46. The molecule has 4 unspecified atom stereocenters. The second-order valence-electron chi connectivity index (χ2n) is 12.8. The first-order valence-electron chi connectivity index (χ1n) is 17.4. The average molecular weight is 745 g/mol. The van der Waals surface area contributed by atoms with E-state index in [1.165, 1.54) is 0 Å². The van der Waals surface area contributed by atoms with E-state index in [9.17, 15) is 9.90 Å². The fourth-order valence-corrected chi connectivity index (χ4v) is 8.12. The number of nitrogens with zero attached hydrogens (tertiary/aromatic N) is 2. The lowest BCUT2D eigenvalue weighted by molar-refractivity contribution is -0.268. The van der Waals surface area contributed by atoms with Gasteiger partial charge >= 0.3 is 6.03 Å². The summed E-state index contributed by atoms with van der Waals surface area (Å²) in [6.45, 7) is 4.46. The van der Waals surface area contributed by atoms with E-state index >= 15 is 0 Å². The van der Waals surface area contributed by atoms with Gasteiger partial charge in [-0.3, -0.25) is 0 Å². The molecule has 1 aliphatic heterocycles. The SMILES string of the molecule is Cc1nnc(SCC2OC(c3cccc(-c4cccc(CNC(=O)Nc5ccc(Oc6ccccc6)cc5)c4)c3)OC(c3ccc(CO)cc3)C2C)s1. The Hall–Kier alpha value is -5.04. The standard InChI is InChI=1S/C42H40N4O5S2/c1-27-38(26-52-42-46-45-28(2)53-42)50-40(51-39(27)31-16-14-29(25-47)15-17-31)34-11-7-10-33(23-34)32-9-6-8-30(22-32)24-43-41(48)44-35-18-20-37(21-19-35)49-36-12-4-3-5-13-36/h3-23,27,38-40,47H,24-26H2,1-2H3,(H2,43,44,48). The van der Waals surface area contributed by atoms with Crippen LogP contribution in [-0.4, -0.2) is 33.2 Å². The van der Waals surface area contributed by atoms with Crippen molar-refractivity contribution >= 4 is 34.8 Å². The minimum atomic E-state index is -0.595. The normalized spacial score (nSPS) is 18.3. The van der Waals surface area contributed by atoms with Crippen LogP contribution in [0.3, 0.4) is 0 Å². The Morgan fingerprint density at radius 1 is 0.811 bits per heavy atom.